The van der Waals surface area contributed by atoms with Crippen LogP contribution in [0.2, 0.25) is 0 Å². The molecule has 1 heterocycles. The van der Waals surface area contributed by atoms with Gasteiger partial charge in [0.15, 0.2) is 0 Å². The predicted octanol–water partition coefficient (Wildman–Crippen LogP) is 3.97. The number of carbonyl (C=O) groups is 1. The number of aryl methyl sites for hydroxylation is 1. The molecule has 0 radical (unpaired) electrons. The molecule has 0 aliphatic carbocycles. The van der Waals surface area contributed by atoms with Crippen LogP contribution in [-0.4, -0.2) is 21.2 Å². The molecular formula is C18H16BrFN4O. The van der Waals surface area contributed by atoms with E-state index in [1.54, 1.807) is 23.0 Å². The monoisotopic (exact) mass is 402 g/mol. The average Bonchev–Trinajstić information content (AvgIpc) is 2.95. The smallest absolute Gasteiger partial charge is 0.228 e. The van der Waals surface area contributed by atoms with Gasteiger partial charge in [-0.05, 0) is 45.8 Å². The molecule has 5 nitrogen and oxygen atoms in total. The molecule has 7 heteroatoms. The minimum absolute atomic E-state index is 0.302. The number of halogens is 2. The summed E-state index contributed by atoms with van der Waals surface area (Å²) in [5.41, 5.74) is 6.56. The SMILES string of the molecule is Cn1ncc(Br)c1-c1cccc(NN(C=O)Cc2ccc(F)cc2)c1. The molecule has 128 valence electrons. The van der Waals surface area contributed by atoms with Gasteiger partial charge in [0.25, 0.3) is 0 Å². The van der Waals surface area contributed by atoms with Crippen LogP contribution in [0.25, 0.3) is 11.3 Å². The molecule has 0 bridgehead atoms. The molecule has 0 atom stereocenters. The minimum atomic E-state index is -0.302. The summed E-state index contributed by atoms with van der Waals surface area (Å²) in [6.07, 6.45) is 2.44. The Hall–Kier alpha value is -2.67. The van der Waals surface area contributed by atoms with Crippen molar-refractivity contribution >= 4 is 28.0 Å². The summed E-state index contributed by atoms with van der Waals surface area (Å²) in [6, 6.07) is 13.7. The number of nitrogens with zero attached hydrogens (tertiary/aromatic N) is 3. The molecular weight excluding hydrogens is 387 g/mol. The Bertz CT molecular complexity index is 860. The van der Waals surface area contributed by atoms with E-state index >= 15 is 0 Å². The molecule has 1 amide bonds. The van der Waals surface area contributed by atoms with E-state index in [1.807, 2.05) is 31.3 Å². The maximum absolute atomic E-state index is 13.0. The first-order valence-electron chi connectivity index (χ1n) is 7.58. The molecule has 2 aromatic carbocycles. The summed E-state index contributed by atoms with van der Waals surface area (Å²) >= 11 is 3.49. The van der Waals surface area contributed by atoms with Crippen molar-refractivity contribution in [2.45, 2.75) is 6.54 Å². The second-order valence-electron chi connectivity index (χ2n) is 5.52. The van der Waals surface area contributed by atoms with Crippen LogP contribution in [-0.2, 0) is 18.4 Å². The molecule has 0 unspecified atom stereocenters. The van der Waals surface area contributed by atoms with Gasteiger partial charge in [-0.1, -0.05) is 24.3 Å². The van der Waals surface area contributed by atoms with E-state index in [1.165, 1.54) is 17.1 Å². The van der Waals surface area contributed by atoms with Crippen LogP contribution in [0, 0.1) is 5.82 Å². The van der Waals surface area contributed by atoms with Crippen LogP contribution in [0.1, 0.15) is 5.56 Å². The summed E-state index contributed by atoms with van der Waals surface area (Å²) in [4.78, 5) is 11.4. The van der Waals surface area contributed by atoms with Crippen molar-refractivity contribution in [3.05, 3.63) is 70.6 Å². The van der Waals surface area contributed by atoms with Crippen molar-refractivity contribution < 1.29 is 9.18 Å². The maximum Gasteiger partial charge on any atom is 0.228 e. The molecule has 1 N–H and O–H groups in total. The fraction of sp³-hybridized carbons (Fsp3) is 0.111. The Labute approximate surface area is 153 Å². The molecule has 0 saturated carbocycles. The highest BCUT2D eigenvalue weighted by molar-refractivity contribution is 9.10. The first-order chi connectivity index (χ1) is 12.1. The van der Waals surface area contributed by atoms with Gasteiger partial charge in [0.05, 0.1) is 28.6 Å². The molecule has 0 saturated heterocycles. The third-order valence-electron chi connectivity index (χ3n) is 3.70. The Morgan fingerprint density at radius 3 is 2.68 bits per heavy atom. The average molecular weight is 403 g/mol. The Kier molecular flexibility index (Phi) is 5.14. The summed E-state index contributed by atoms with van der Waals surface area (Å²) in [5, 5.41) is 5.62. The van der Waals surface area contributed by atoms with E-state index in [9.17, 15) is 9.18 Å². The number of nitrogens with one attached hydrogen (secondary N) is 1. The summed E-state index contributed by atoms with van der Waals surface area (Å²) < 4.78 is 15.7. The van der Waals surface area contributed by atoms with E-state index in [0.717, 1.165) is 27.0 Å². The van der Waals surface area contributed by atoms with Gasteiger partial charge in [0, 0.05) is 12.6 Å². The van der Waals surface area contributed by atoms with E-state index in [-0.39, 0.29) is 5.82 Å². The van der Waals surface area contributed by atoms with E-state index in [4.69, 9.17) is 0 Å². The summed E-state index contributed by atoms with van der Waals surface area (Å²) in [7, 11) is 1.87. The zero-order valence-electron chi connectivity index (χ0n) is 13.5. The first-order valence-corrected chi connectivity index (χ1v) is 8.37. The lowest BCUT2D eigenvalue weighted by molar-refractivity contribution is -0.117. The lowest BCUT2D eigenvalue weighted by atomic mass is 10.1. The highest BCUT2D eigenvalue weighted by Gasteiger charge is 2.10. The van der Waals surface area contributed by atoms with Crippen LogP contribution < -0.4 is 5.43 Å². The predicted molar refractivity (Wildman–Crippen MR) is 98.0 cm³/mol. The number of rotatable bonds is 6. The minimum Gasteiger partial charge on any atom is -0.296 e. The molecule has 0 aliphatic rings. The normalized spacial score (nSPS) is 10.5. The second-order valence-corrected chi connectivity index (χ2v) is 6.37. The highest BCUT2D eigenvalue weighted by atomic mass is 79.9. The third kappa shape index (κ3) is 4.06. The number of benzene rings is 2. The van der Waals surface area contributed by atoms with Gasteiger partial charge in [0.1, 0.15) is 5.82 Å². The van der Waals surface area contributed by atoms with Crippen LogP contribution in [0.3, 0.4) is 0 Å². The zero-order valence-corrected chi connectivity index (χ0v) is 15.1. The van der Waals surface area contributed by atoms with Crippen molar-refractivity contribution in [1.29, 1.82) is 0 Å². The number of hydrogen-bond acceptors (Lipinski definition) is 3. The standard InChI is InChI=1S/C18H16BrFN4O/c1-23-18(17(19)10-21-23)14-3-2-4-16(9-14)22-24(12-25)11-13-5-7-15(20)8-6-13/h2-10,12,22H,11H2,1H3. The molecule has 0 spiro atoms. The number of carbonyl (C=O) groups excluding carboxylic acids is 1. The third-order valence-corrected chi connectivity index (χ3v) is 4.28. The molecule has 25 heavy (non-hydrogen) atoms. The molecule has 0 fully saturated rings. The van der Waals surface area contributed by atoms with Gasteiger partial charge >= 0.3 is 0 Å². The first kappa shape index (κ1) is 17.2. The molecule has 3 rings (SSSR count). The number of amides is 1. The molecule has 0 aliphatic heterocycles. The van der Waals surface area contributed by atoms with E-state index < -0.39 is 0 Å². The van der Waals surface area contributed by atoms with E-state index in [2.05, 4.69) is 26.5 Å². The summed E-state index contributed by atoms with van der Waals surface area (Å²) in [5.74, 6) is -0.302. The largest absolute Gasteiger partial charge is 0.296 e. The van der Waals surface area contributed by atoms with Crippen molar-refractivity contribution in [3.8, 4) is 11.3 Å². The van der Waals surface area contributed by atoms with Crippen molar-refractivity contribution in [2.24, 2.45) is 7.05 Å². The zero-order chi connectivity index (χ0) is 17.8. The fourth-order valence-electron chi connectivity index (χ4n) is 2.53. The Morgan fingerprint density at radius 1 is 1.28 bits per heavy atom. The van der Waals surface area contributed by atoms with Crippen LogP contribution >= 0.6 is 15.9 Å². The van der Waals surface area contributed by atoms with Gasteiger partial charge in [-0.3, -0.25) is 19.9 Å². The van der Waals surface area contributed by atoms with Crippen LogP contribution in [0.15, 0.2) is 59.2 Å². The van der Waals surface area contributed by atoms with Crippen molar-refractivity contribution in [1.82, 2.24) is 14.8 Å². The Morgan fingerprint density at radius 2 is 2.04 bits per heavy atom. The van der Waals surface area contributed by atoms with Crippen LogP contribution in [0.4, 0.5) is 10.1 Å². The summed E-state index contributed by atoms with van der Waals surface area (Å²) in [6.45, 7) is 0.323. The van der Waals surface area contributed by atoms with Crippen LogP contribution in [0.5, 0.6) is 0 Å². The maximum atomic E-state index is 13.0. The lowest BCUT2D eigenvalue weighted by Gasteiger charge is -2.20. The molecule has 1 aromatic heterocycles. The van der Waals surface area contributed by atoms with Crippen molar-refractivity contribution in [2.75, 3.05) is 5.43 Å². The van der Waals surface area contributed by atoms with Crippen molar-refractivity contribution in [3.63, 3.8) is 0 Å². The topological polar surface area (TPSA) is 50.2 Å². The quantitative estimate of drug-likeness (QED) is 0.501. The van der Waals surface area contributed by atoms with Gasteiger partial charge in [-0.25, -0.2) is 4.39 Å². The van der Waals surface area contributed by atoms with Gasteiger partial charge in [-0.2, -0.15) is 5.10 Å². The highest BCUT2D eigenvalue weighted by Crippen LogP contribution is 2.29. The Balaban J connectivity index is 1.78. The lowest BCUT2D eigenvalue weighted by Crippen LogP contribution is -2.27. The number of hydrazine groups is 1. The fourth-order valence-corrected chi connectivity index (χ4v) is 3.10. The number of hydrogen-bond donors (Lipinski definition) is 1. The molecule has 3 aromatic rings. The number of anilines is 1. The number of aromatic nitrogens is 2. The second kappa shape index (κ2) is 7.48. The van der Waals surface area contributed by atoms with E-state index in [0.29, 0.717) is 13.0 Å². The van der Waals surface area contributed by atoms with Gasteiger partial charge in [-0.15, -0.1) is 0 Å². The van der Waals surface area contributed by atoms with Gasteiger partial charge < -0.3 is 0 Å². The van der Waals surface area contributed by atoms with Gasteiger partial charge in [0.2, 0.25) is 6.41 Å².